The number of nitrogens with one attached hydrogen (secondary N) is 1. The Morgan fingerprint density at radius 1 is 1.44 bits per heavy atom. The van der Waals surface area contributed by atoms with Gasteiger partial charge in [-0.2, -0.15) is 0 Å². The molecule has 0 aliphatic carbocycles. The quantitative estimate of drug-likeness (QED) is 0.856. The molecule has 2 rings (SSSR count). The maximum absolute atomic E-state index is 5.78. The van der Waals surface area contributed by atoms with Gasteiger partial charge in [0, 0.05) is 28.4 Å². The Balaban J connectivity index is 2.17. The first kappa shape index (κ1) is 11.4. The van der Waals surface area contributed by atoms with E-state index in [1.165, 1.54) is 10.1 Å². The van der Waals surface area contributed by atoms with Gasteiger partial charge in [0.15, 0.2) is 0 Å². The minimum absolute atomic E-state index is 0.212. The molecule has 4 heteroatoms. The van der Waals surface area contributed by atoms with Gasteiger partial charge in [0.1, 0.15) is 5.82 Å². The summed E-state index contributed by atoms with van der Waals surface area (Å²) in [7, 11) is 0. The van der Waals surface area contributed by atoms with Gasteiger partial charge in [0.2, 0.25) is 0 Å². The second-order valence-electron chi connectivity index (χ2n) is 4.25. The van der Waals surface area contributed by atoms with Crippen LogP contribution >= 0.6 is 11.3 Å². The van der Waals surface area contributed by atoms with E-state index in [1.807, 2.05) is 19.2 Å². The fourth-order valence-electron chi connectivity index (χ4n) is 1.86. The lowest BCUT2D eigenvalue weighted by atomic mass is 10.1. The van der Waals surface area contributed by atoms with Crippen molar-refractivity contribution < 1.29 is 0 Å². The van der Waals surface area contributed by atoms with E-state index in [0.717, 1.165) is 12.2 Å². The maximum Gasteiger partial charge on any atom is 0.134 e. The van der Waals surface area contributed by atoms with Gasteiger partial charge in [-0.05, 0) is 37.8 Å². The molecule has 0 aromatic carbocycles. The number of hydrogen-bond acceptors (Lipinski definition) is 4. The highest BCUT2D eigenvalue weighted by molar-refractivity contribution is 7.17. The molecule has 2 aromatic heterocycles. The van der Waals surface area contributed by atoms with E-state index < -0.39 is 0 Å². The third-order valence-electron chi connectivity index (χ3n) is 2.49. The van der Waals surface area contributed by atoms with E-state index in [9.17, 15) is 0 Å². The van der Waals surface area contributed by atoms with E-state index in [1.54, 1.807) is 11.3 Å². The predicted octanol–water partition coefficient (Wildman–Crippen LogP) is 2.83. The fraction of sp³-hybridized carbons (Fsp3) is 0.417. The van der Waals surface area contributed by atoms with Crippen molar-refractivity contribution in [1.29, 1.82) is 0 Å². The molecule has 0 amide bonds. The summed E-state index contributed by atoms with van der Waals surface area (Å²) in [6.45, 7) is 4.16. The van der Waals surface area contributed by atoms with Gasteiger partial charge in [-0.3, -0.25) is 0 Å². The first-order chi connectivity index (χ1) is 7.66. The smallest absolute Gasteiger partial charge is 0.134 e. The summed E-state index contributed by atoms with van der Waals surface area (Å²) >= 11 is 1.74. The molecule has 3 nitrogen and oxygen atoms in total. The molecule has 2 unspecified atom stereocenters. The molecular weight excluding hydrogens is 218 g/mol. The SMILES string of the molecule is CC(N)CC(C)Nc1nccc2sccc12. The van der Waals surface area contributed by atoms with Crippen LogP contribution in [0.2, 0.25) is 0 Å². The Morgan fingerprint density at radius 2 is 2.25 bits per heavy atom. The van der Waals surface area contributed by atoms with Crippen LogP contribution in [-0.2, 0) is 0 Å². The van der Waals surface area contributed by atoms with Crippen molar-refractivity contribution in [3.8, 4) is 0 Å². The zero-order valence-corrected chi connectivity index (χ0v) is 10.4. The van der Waals surface area contributed by atoms with Crippen molar-refractivity contribution in [3.05, 3.63) is 23.7 Å². The lowest BCUT2D eigenvalue weighted by Crippen LogP contribution is -2.26. The lowest BCUT2D eigenvalue weighted by molar-refractivity contribution is 0.604. The van der Waals surface area contributed by atoms with Crippen molar-refractivity contribution >= 4 is 27.2 Å². The van der Waals surface area contributed by atoms with Crippen LogP contribution in [-0.4, -0.2) is 17.1 Å². The van der Waals surface area contributed by atoms with E-state index >= 15 is 0 Å². The fourth-order valence-corrected chi connectivity index (χ4v) is 2.64. The van der Waals surface area contributed by atoms with Gasteiger partial charge >= 0.3 is 0 Å². The zero-order valence-electron chi connectivity index (χ0n) is 9.60. The summed E-state index contributed by atoms with van der Waals surface area (Å²) in [5, 5.41) is 6.71. The van der Waals surface area contributed by atoms with Crippen LogP contribution in [0.15, 0.2) is 23.7 Å². The van der Waals surface area contributed by atoms with Gasteiger partial charge in [0.25, 0.3) is 0 Å². The molecule has 2 heterocycles. The summed E-state index contributed by atoms with van der Waals surface area (Å²) in [6, 6.07) is 4.71. The van der Waals surface area contributed by atoms with Crippen molar-refractivity contribution in [2.75, 3.05) is 5.32 Å². The summed E-state index contributed by atoms with van der Waals surface area (Å²) in [4.78, 5) is 4.38. The summed E-state index contributed by atoms with van der Waals surface area (Å²) in [5.74, 6) is 0.965. The highest BCUT2D eigenvalue weighted by Gasteiger charge is 2.08. The van der Waals surface area contributed by atoms with E-state index in [-0.39, 0.29) is 6.04 Å². The minimum atomic E-state index is 0.212. The molecule has 3 N–H and O–H groups in total. The minimum Gasteiger partial charge on any atom is -0.367 e. The predicted molar refractivity (Wildman–Crippen MR) is 71.0 cm³/mol. The number of rotatable bonds is 4. The highest BCUT2D eigenvalue weighted by Crippen LogP contribution is 2.26. The van der Waals surface area contributed by atoms with Crippen molar-refractivity contribution in [2.45, 2.75) is 32.4 Å². The molecular formula is C12H17N3S. The number of nitrogens with zero attached hydrogens (tertiary/aromatic N) is 1. The first-order valence-corrected chi connectivity index (χ1v) is 6.39. The van der Waals surface area contributed by atoms with Crippen LogP contribution in [0.5, 0.6) is 0 Å². The molecule has 0 aliphatic rings. The monoisotopic (exact) mass is 235 g/mol. The van der Waals surface area contributed by atoms with Crippen LogP contribution in [0.3, 0.4) is 0 Å². The van der Waals surface area contributed by atoms with Crippen molar-refractivity contribution in [2.24, 2.45) is 5.73 Å². The Morgan fingerprint density at radius 3 is 3.00 bits per heavy atom. The third kappa shape index (κ3) is 2.51. The maximum atomic E-state index is 5.78. The Labute approximate surface area is 99.7 Å². The van der Waals surface area contributed by atoms with Crippen LogP contribution in [0, 0.1) is 0 Å². The number of aromatic nitrogens is 1. The van der Waals surface area contributed by atoms with Gasteiger partial charge in [-0.1, -0.05) is 0 Å². The van der Waals surface area contributed by atoms with Crippen molar-refractivity contribution in [1.82, 2.24) is 4.98 Å². The normalized spacial score (nSPS) is 14.9. The molecule has 0 spiro atoms. The number of anilines is 1. The number of hydrogen-bond donors (Lipinski definition) is 2. The van der Waals surface area contributed by atoms with Gasteiger partial charge in [0.05, 0.1) is 0 Å². The number of nitrogens with two attached hydrogens (primary N) is 1. The Kier molecular flexibility index (Phi) is 3.41. The van der Waals surface area contributed by atoms with E-state index in [4.69, 9.17) is 5.73 Å². The van der Waals surface area contributed by atoms with Crippen LogP contribution in [0.4, 0.5) is 5.82 Å². The summed E-state index contributed by atoms with van der Waals surface area (Å²) < 4.78 is 1.27. The zero-order chi connectivity index (χ0) is 11.5. The van der Waals surface area contributed by atoms with Crippen LogP contribution in [0.1, 0.15) is 20.3 Å². The number of pyridine rings is 1. The average Bonchev–Trinajstić information content (AvgIpc) is 2.65. The molecule has 0 saturated heterocycles. The molecule has 2 atom stereocenters. The summed E-state index contributed by atoms with van der Waals surface area (Å²) in [5.41, 5.74) is 5.78. The number of fused-ring (bicyclic) bond motifs is 1. The second kappa shape index (κ2) is 4.80. The average molecular weight is 235 g/mol. The molecule has 0 radical (unpaired) electrons. The number of thiophene rings is 1. The molecule has 86 valence electrons. The first-order valence-electron chi connectivity index (χ1n) is 5.51. The lowest BCUT2D eigenvalue weighted by Gasteiger charge is -2.16. The van der Waals surface area contributed by atoms with Gasteiger partial charge in [-0.15, -0.1) is 11.3 Å². The molecule has 2 aromatic rings. The Bertz CT molecular complexity index is 464. The molecule has 0 aliphatic heterocycles. The molecule has 0 fully saturated rings. The molecule has 0 bridgehead atoms. The molecule has 16 heavy (non-hydrogen) atoms. The van der Waals surface area contributed by atoms with Gasteiger partial charge in [-0.25, -0.2) is 4.98 Å². The van der Waals surface area contributed by atoms with Crippen LogP contribution in [0.25, 0.3) is 10.1 Å². The van der Waals surface area contributed by atoms with Gasteiger partial charge < -0.3 is 11.1 Å². The second-order valence-corrected chi connectivity index (χ2v) is 5.20. The summed E-state index contributed by atoms with van der Waals surface area (Å²) in [6.07, 6.45) is 2.79. The standard InChI is InChI=1S/C12H17N3S/c1-8(13)7-9(2)15-12-10-4-6-16-11(10)3-5-14-12/h3-6,8-9H,7,13H2,1-2H3,(H,14,15). The third-order valence-corrected chi connectivity index (χ3v) is 3.37. The van der Waals surface area contributed by atoms with E-state index in [2.05, 4.69) is 28.7 Å². The van der Waals surface area contributed by atoms with Crippen LogP contribution < -0.4 is 11.1 Å². The topological polar surface area (TPSA) is 50.9 Å². The van der Waals surface area contributed by atoms with E-state index in [0.29, 0.717) is 6.04 Å². The molecule has 0 saturated carbocycles. The Hall–Kier alpha value is -1.13. The van der Waals surface area contributed by atoms with Crippen molar-refractivity contribution in [3.63, 3.8) is 0 Å². The highest BCUT2D eigenvalue weighted by atomic mass is 32.1. The largest absolute Gasteiger partial charge is 0.367 e.